The zero-order chi connectivity index (χ0) is 15.1. The molecule has 1 saturated heterocycles. The molecule has 1 N–H and O–H groups in total. The highest BCUT2D eigenvalue weighted by atomic mass is 35.5. The SMILES string of the molecule is CCN1CCN(CCC(=O)NCc2ccc(Cl)cc2)CC1. The Morgan fingerprint density at radius 3 is 2.38 bits per heavy atom. The lowest BCUT2D eigenvalue weighted by Gasteiger charge is -2.33. The van der Waals surface area contributed by atoms with Crippen LogP contribution in [0.25, 0.3) is 0 Å². The predicted octanol–water partition coefficient (Wildman–Crippen LogP) is 1.98. The maximum Gasteiger partial charge on any atom is 0.221 e. The number of halogens is 1. The largest absolute Gasteiger partial charge is 0.352 e. The molecule has 0 saturated carbocycles. The average molecular weight is 310 g/mol. The molecule has 1 aromatic carbocycles. The van der Waals surface area contributed by atoms with Crippen LogP contribution in [-0.2, 0) is 11.3 Å². The van der Waals surface area contributed by atoms with Crippen LogP contribution in [0.1, 0.15) is 18.9 Å². The summed E-state index contributed by atoms with van der Waals surface area (Å²) in [5, 5.41) is 3.68. The number of benzene rings is 1. The van der Waals surface area contributed by atoms with Gasteiger partial charge in [0.15, 0.2) is 0 Å². The van der Waals surface area contributed by atoms with E-state index in [-0.39, 0.29) is 5.91 Å². The maximum absolute atomic E-state index is 11.9. The number of amides is 1. The van der Waals surface area contributed by atoms with Gasteiger partial charge in [-0.15, -0.1) is 0 Å². The lowest BCUT2D eigenvalue weighted by atomic mass is 10.2. The summed E-state index contributed by atoms with van der Waals surface area (Å²) in [6.45, 7) is 9.10. The Morgan fingerprint density at radius 2 is 1.76 bits per heavy atom. The highest BCUT2D eigenvalue weighted by molar-refractivity contribution is 6.30. The van der Waals surface area contributed by atoms with Gasteiger partial charge in [0.25, 0.3) is 0 Å². The van der Waals surface area contributed by atoms with Gasteiger partial charge < -0.3 is 15.1 Å². The van der Waals surface area contributed by atoms with Crippen molar-refractivity contribution in [2.75, 3.05) is 39.3 Å². The van der Waals surface area contributed by atoms with Crippen molar-refractivity contribution in [3.05, 3.63) is 34.9 Å². The van der Waals surface area contributed by atoms with Crippen LogP contribution in [0.5, 0.6) is 0 Å². The molecule has 2 rings (SSSR count). The monoisotopic (exact) mass is 309 g/mol. The number of carbonyl (C=O) groups excluding carboxylic acids is 1. The van der Waals surface area contributed by atoms with Crippen molar-refractivity contribution in [1.82, 2.24) is 15.1 Å². The number of hydrogen-bond donors (Lipinski definition) is 1. The predicted molar refractivity (Wildman–Crippen MR) is 86.5 cm³/mol. The molecule has 1 amide bonds. The number of nitrogens with one attached hydrogen (secondary N) is 1. The molecule has 4 nitrogen and oxygen atoms in total. The highest BCUT2D eigenvalue weighted by Crippen LogP contribution is 2.09. The van der Waals surface area contributed by atoms with Crippen LogP contribution in [-0.4, -0.2) is 55.0 Å². The van der Waals surface area contributed by atoms with Crippen molar-refractivity contribution in [2.45, 2.75) is 19.9 Å². The molecule has 1 aliphatic rings. The Labute approximate surface area is 132 Å². The molecule has 0 unspecified atom stereocenters. The first-order chi connectivity index (χ1) is 10.2. The summed E-state index contributed by atoms with van der Waals surface area (Å²) in [4.78, 5) is 16.7. The molecule has 0 bridgehead atoms. The van der Waals surface area contributed by atoms with E-state index in [0.717, 1.165) is 49.9 Å². The third-order valence-electron chi connectivity index (χ3n) is 3.97. The van der Waals surface area contributed by atoms with Gasteiger partial charge >= 0.3 is 0 Å². The van der Waals surface area contributed by atoms with Crippen LogP contribution < -0.4 is 5.32 Å². The summed E-state index contributed by atoms with van der Waals surface area (Å²) in [6, 6.07) is 7.56. The summed E-state index contributed by atoms with van der Waals surface area (Å²) in [7, 11) is 0. The molecule has 1 heterocycles. The van der Waals surface area contributed by atoms with E-state index < -0.39 is 0 Å². The topological polar surface area (TPSA) is 35.6 Å². The van der Waals surface area contributed by atoms with Crippen LogP contribution in [0.4, 0.5) is 0 Å². The van der Waals surface area contributed by atoms with Gasteiger partial charge in [0, 0.05) is 50.7 Å². The molecule has 0 atom stereocenters. The van der Waals surface area contributed by atoms with Crippen molar-refractivity contribution < 1.29 is 4.79 Å². The van der Waals surface area contributed by atoms with E-state index in [1.165, 1.54) is 0 Å². The molecular formula is C16H24ClN3O. The Kier molecular flexibility index (Phi) is 6.49. The number of rotatable bonds is 6. The number of piperazine rings is 1. The molecule has 1 aliphatic heterocycles. The number of carbonyl (C=O) groups is 1. The maximum atomic E-state index is 11.9. The molecule has 116 valence electrons. The minimum atomic E-state index is 0.114. The van der Waals surface area contributed by atoms with Crippen molar-refractivity contribution in [3.63, 3.8) is 0 Å². The van der Waals surface area contributed by atoms with Gasteiger partial charge in [0.05, 0.1) is 0 Å². The van der Waals surface area contributed by atoms with Gasteiger partial charge in [0.2, 0.25) is 5.91 Å². The first kappa shape index (κ1) is 16.3. The van der Waals surface area contributed by atoms with Crippen molar-refractivity contribution >= 4 is 17.5 Å². The molecule has 5 heteroatoms. The molecular weight excluding hydrogens is 286 g/mol. The lowest BCUT2D eigenvalue weighted by molar-refractivity contribution is -0.121. The Morgan fingerprint density at radius 1 is 1.14 bits per heavy atom. The van der Waals surface area contributed by atoms with Gasteiger partial charge in [-0.1, -0.05) is 30.7 Å². The average Bonchev–Trinajstić information content (AvgIpc) is 2.53. The fourth-order valence-electron chi connectivity index (χ4n) is 2.48. The fraction of sp³-hybridized carbons (Fsp3) is 0.562. The van der Waals surface area contributed by atoms with Crippen LogP contribution in [0, 0.1) is 0 Å². The van der Waals surface area contributed by atoms with Crippen LogP contribution >= 0.6 is 11.6 Å². The van der Waals surface area contributed by atoms with Gasteiger partial charge in [-0.2, -0.15) is 0 Å². The first-order valence-corrected chi connectivity index (χ1v) is 8.01. The Bertz CT molecular complexity index is 441. The van der Waals surface area contributed by atoms with Gasteiger partial charge in [0.1, 0.15) is 0 Å². The second kappa shape index (κ2) is 8.37. The summed E-state index contributed by atoms with van der Waals surface area (Å²) >= 11 is 5.83. The van der Waals surface area contributed by atoms with Gasteiger partial charge in [-0.05, 0) is 24.2 Å². The Hall–Kier alpha value is -1.10. The standard InChI is InChI=1S/C16H24ClN3O/c1-2-19-9-11-20(12-10-19)8-7-16(21)18-13-14-3-5-15(17)6-4-14/h3-6H,2,7-13H2,1H3,(H,18,21). The zero-order valence-corrected chi connectivity index (χ0v) is 13.4. The number of likely N-dealkylation sites (N-methyl/N-ethyl adjacent to an activating group) is 1. The van der Waals surface area contributed by atoms with Gasteiger partial charge in [-0.3, -0.25) is 4.79 Å². The lowest BCUT2D eigenvalue weighted by Crippen LogP contribution is -2.46. The van der Waals surface area contributed by atoms with Gasteiger partial charge in [-0.25, -0.2) is 0 Å². The molecule has 0 aromatic heterocycles. The second-order valence-corrected chi connectivity index (χ2v) is 5.87. The van der Waals surface area contributed by atoms with E-state index in [1.54, 1.807) is 0 Å². The number of nitrogens with zero attached hydrogens (tertiary/aromatic N) is 2. The molecule has 0 aliphatic carbocycles. The van der Waals surface area contributed by atoms with E-state index in [9.17, 15) is 4.79 Å². The van der Waals surface area contributed by atoms with Crippen LogP contribution in [0.15, 0.2) is 24.3 Å². The summed E-state index contributed by atoms with van der Waals surface area (Å²) in [6.07, 6.45) is 0.569. The van der Waals surface area contributed by atoms with E-state index in [4.69, 9.17) is 11.6 Å². The summed E-state index contributed by atoms with van der Waals surface area (Å²) < 4.78 is 0. The molecule has 0 spiro atoms. The van der Waals surface area contributed by atoms with Crippen LogP contribution in [0.2, 0.25) is 5.02 Å². The smallest absolute Gasteiger partial charge is 0.221 e. The molecule has 1 aromatic rings. The van der Waals surface area contributed by atoms with Crippen molar-refractivity contribution in [1.29, 1.82) is 0 Å². The van der Waals surface area contributed by atoms with E-state index in [0.29, 0.717) is 13.0 Å². The zero-order valence-electron chi connectivity index (χ0n) is 12.6. The number of hydrogen-bond acceptors (Lipinski definition) is 3. The first-order valence-electron chi connectivity index (χ1n) is 7.63. The van der Waals surface area contributed by atoms with E-state index in [1.807, 2.05) is 24.3 Å². The summed E-state index contributed by atoms with van der Waals surface area (Å²) in [5.41, 5.74) is 1.07. The Balaban J connectivity index is 1.62. The highest BCUT2D eigenvalue weighted by Gasteiger charge is 2.15. The normalized spacial score (nSPS) is 16.9. The fourth-order valence-corrected chi connectivity index (χ4v) is 2.61. The quantitative estimate of drug-likeness (QED) is 0.873. The third-order valence-corrected chi connectivity index (χ3v) is 4.22. The molecule has 0 radical (unpaired) electrons. The minimum absolute atomic E-state index is 0.114. The molecule has 1 fully saturated rings. The van der Waals surface area contributed by atoms with E-state index in [2.05, 4.69) is 22.0 Å². The van der Waals surface area contributed by atoms with E-state index >= 15 is 0 Å². The second-order valence-electron chi connectivity index (χ2n) is 5.43. The summed E-state index contributed by atoms with van der Waals surface area (Å²) in [5.74, 6) is 0.114. The van der Waals surface area contributed by atoms with Crippen LogP contribution in [0.3, 0.4) is 0 Å². The van der Waals surface area contributed by atoms with Crippen molar-refractivity contribution in [3.8, 4) is 0 Å². The molecule has 21 heavy (non-hydrogen) atoms. The minimum Gasteiger partial charge on any atom is -0.352 e. The van der Waals surface area contributed by atoms with Crippen molar-refractivity contribution in [2.24, 2.45) is 0 Å². The third kappa shape index (κ3) is 5.65.